The highest BCUT2D eigenvalue weighted by molar-refractivity contribution is 9.10. The van der Waals surface area contributed by atoms with E-state index < -0.39 is 0 Å². The summed E-state index contributed by atoms with van der Waals surface area (Å²) in [5.41, 5.74) is 0.635. The fourth-order valence-corrected chi connectivity index (χ4v) is 3.15. The van der Waals surface area contributed by atoms with Crippen molar-refractivity contribution in [1.82, 2.24) is 4.98 Å². The minimum atomic E-state index is -0.0879. The number of hydrogen-bond acceptors (Lipinski definition) is 3. The van der Waals surface area contributed by atoms with Crippen LogP contribution >= 0.6 is 27.3 Å². The summed E-state index contributed by atoms with van der Waals surface area (Å²) in [6, 6.07) is 5.15. The average molecular weight is 296 g/mol. The van der Waals surface area contributed by atoms with E-state index in [0.717, 1.165) is 16.3 Å². The van der Waals surface area contributed by atoms with Crippen LogP contribution in [0.25, 0.3) is 21.0 Å². The largest absolute Gasteiger partial charge is 0.507 e. The molecule has 0 saturated carbocycles. The quantitative estimate of drug-likeness (QED) is 0.669. The monoisotopic (exact) mass is 295 g/mol. The van der Waals surface area contributed by atoms with Gasteiger partial charge in [-0.1, -0.05) is 0 Å². The van der Waals surface area contributed by atoms with Crippen LogP contribution in [-0.2, 0) is 0 Å². The second-order valence-corrected chi connectivity index (χ2v) is 5.15. The third-order valence-corrected chi connectivity index (χ3v) is 4.23. The molecule has 0 saturated heterocycles. The lowest BCUT2D eigenvalue weighted by molar-refractivity contribution is 0.473. The predicted molar refractivity (Wildman–Crippen MR) is 69.3 cm³/mol. The van der Waals surface area contributed by atoms with Gasteiger partial charge in [0.25, 0.3) is 5.56 Å². The van der Waals surface area contributed by atoms with E-state index in [1.54, 1.807) is 12.1 Å². The van der Waals surface area contributed by atoms with Crippen LogP contribution in [0.1, 0.15) is 0 Å². The molecule has 0 fully saturated rings. The molecule has 5 heteroatoms. The molecule has 0 bridgehead atoms. The highest BCUT2D eigenvalue weighted by Crippen LogP contribution is 2.36. The van der Waals surface area contributed by atoms with Gasteiger partial charge in [-0.3, -0.25) is 4.79 Å². The predicted octanol–water partition coefficient (Wildman–Crippen LogP) is 3.21. The number of thiophene rings is 1. The Hall–Kier alpha value is -1.33. The fraction of sp³-hybridized carbons (Fsp3) is 0. The van der Waals surface area contributed by atoms with Gasteiger partial charge < -0.3 is 10.1 Å². The first kappa shape index (κ1) is 9.86. The molecule has 3 rings (SSSR count). The van der Waals surface area contributed by atoms with Gasteiger partial charge >= 0.3 is 0 Å². The van der Waals surface area contributed by atoms with Crippen molar-refractivity contribution >= 4 is 48.3 Å². The lowest BCUT2D eigenvalue weighted by Gasteiger charge is -2.04. The van der Waals surface area contributed by atoms with E-state index in [-0.39, 0.29) is 11.3 Å². The van der Waals surface area contributed by atoms with Gasteiger partial charge in [-0.25, -0.2) is 0 Å². The molecule has 3 nitrogen and oxygen atoms in total. The van der Waals surface area contributed by atoms with Crippen molar-refractivity contribution in [3.63, 3.8) is 0 Å². The molecular formula is C11H6BrNO2S. The van der Waals surface area contributed by atoms with Crippen molar-refractivity contribution in [1.29, 1.82) is 0 Å². The van der Waals surface area contributed by atoms with Crippen molar-refractivity contribution < 1.29 is 5.11 Å². The number of rotatable bonds is 0. The second-order valence-electron chi connectivity index (χ2n) is 3.44. The Labute approximate surface area is 102 Å². The summed E-state index contributed by atoms with van der Waals surface area (Å²) in [4.78, 5) is 14.5. The Balaban J connectivity index is 2.72. The smallest absolute Gasteiger partial charge is 0.266 e. The van der Waals surface area contributed by atoms with E-state index in [1.807, 2.05) is 11.4 Å². The number of pyridine rings is 1. The SMILES string of the molecule is O=c1[nH]c2ccc(O)c(Br)c2c2ccsc12. The van der Waals surface area contributed by atoms with Crippen molar-refractivity contribution in [2.24, 2.45) is 0 Å². The summed E-state index contributed by atoms with van der Waals surface area (Å²) >= 11 is 4.74. The molecular weight excluding hydrogens is 290 g/mol. The number of phenolic OH excluding ortho intramolecular Hbond substituents is 1. The summed E-state index contributed by atoms with van der Waals surface area (Å²) in [5.74, 6) is 0.173. The number of fused-ring (bicyclic) bond motifs is 3. The zero-order valence-electron chi connectivity index (χ0n) is 7.95. The van der Waals surface area contributed by atoms with Gasteiger partial charge in [0.1, 0.15) is 10.4 Å². The molecule has 80 valence electrons. The first-order valence-electron chi connectivity index (χ1n) is 4.59. The molecule has 0 aliphatic heterocycles. The maximum atomic E-state index is 11.7. The fourth-order valence-electron chi connectivity index (χ4n) is 1.79. The summed E-state index contributed by atoms with van der Waals surface area (Å²) < 4.78 is 1.29. The number of H-pyrrole nitrogens is 1. The van der Waals surface area contributed by atoms with Gasteiger partial charge in [0.2, 0.25) is 0 Å². The first-order valence-corrected chi connectivity index (χ1v) is 6.26. The molecule has 2 heterocycles. The third kappa shape index (κ3) is 1.22. The van der Waals surface area contributed by atoms with Crippen LogP contribution in [0.4, 0.5) is 0 Å². The van der Waals surface area contributed by atoms with Gasteiger partial charge in [0.15, 0.2) is 0 Å². The van der Waals surface area contributed by atoms with Crippen molar-refractivity contribution in [3.05, 3.63) is 38.4 Å². The Morgan fingerprint density at radius 2 is 2.12 bits per heavy atom. The number of aromatic amines is 1. The number of halogens is 1. The highest BCUT2D eigenvalue weighted by Gasteiger charge is 2.11. The molecule has 1 aromatic carbocycles. The number of aromatic nitrogens is 1. The van der Waals surface area contributed by atoms with Gasteiger partial charge in [-0.05, 0) is 39.5 Å². The van der Waals surface area contributed by atoms with Crippen LogP contribution < -0.4 is 5.56 Å². The van der Waals surface area contributed by atoms with E-state index in [1.165, 1.54) is 11.3 Å². The zero-order valence-corrected chi connectivity index (χ0v) is 10.4. The summed E-state index contributed by atoms with van der Waals surface area (Å²) in [6.07, 6.45) is 0. The van der Waals surface area contributed by atoms with Gasteiger partial charge in [-0.15, -0.1) is 11.3 Å². The third-order valence-electron chi connectivity index (χ3n) is 2.51. The van der Waals surface area contributed by atoms with Crippen molar-refractivity contribution in [2.75, 3.05) is 0 Å². The lowest BCUT2D eigenvalue weighted by atomic mass is 10.1. The number of hydrogen-bond donors (Lipinski definition) is 2. The van der Waals surface area contributed by atoms with Crippen LogP contribution in [0.15, 0.2) is 32.8 Å². The van der Waals surface area contributed by atoms with E-state index in [0.29, 0.717) is 9.17 Å². The topological polar surface area (TPSA) is 53.1 Å². The summed E-state index contributed by atoms with van der Waals surface area (Å²) in [7, 11) is 0. The zero-order chi connectivity index (χ0) is 11.3. The Kier molecular flexibility index (Phi) is 2.05. The van der Waals surface area contributed by atoms with Crippen LogP contribution in [0.5, 0.6) is 5.75 Å². The number of nitrogens with one attached hydrogen (secondary N) is 1. The number of phenols is 1. The molecule has 0 amide bonds. The minimum absolute atomic E-state index is 0.0879. The molecule has 2 aromatic heterocycles. The number of benzene rings is 1. The maximum Gasteiger partial charge on any atom is 0.266 e. The van der Waals surface area contributed by atoms with Crippen molar-refractivity contribution in [2.45, 2.75) is 0 Å². The highest BCUT2D eigenvalue weighted by atomic mass is 79.9. The van der Waals surface area contributed by atoms with Crippen molar-refractivity contribution in [3.8, 4) is 5.75 Å². The Morgan fingerprint density at radius 1 is 1.31 bits per heavy atom. The van der Waals surface area contributed by atoms with Crippen LogP contribution in [0.3, 0.4) is 0 Å². The number of aromatic hydroxyl groups is 1. The normalized spacial score (nSPS) is 11.3. The molecule has 0 unspecified atom stereocenters. The van der Waals surface area contributed by atoms with E-state index in [4.69, 9.17) is 0 Å². The molecule has 2 N–H and O–H groups in total. The van der Waals surface area contributed by atoms with Gasteiger partial charge in [0.05, 0.1) is 9.99 Å². The molecule has 16 heavy (non-hydrogen) atoms. The van der Waals surface area contributed by atoms with Gasteiger partial charge in [0, 0.05) is 10.8 Å². The molecule has 3 aromatic rings. The Morgan fingerprint density at radius 3 is 2.94 bits per heavy atom. The van der Waals surface area contributed by atoms with Crippen LogP contribution in [0.2, 0.25) is 0 Å². The first-order chi connectivity index (χ1) is 7.68. The van der Waals surface area contributed by atoms with Crippen LogP contribution in [-0.4, -0.2) is 10.1 Å². The molecule has 0 atom stereocenters. The maximum absolute atomic E-state index is 11.7. The molecule has 0 aliphatic rings. The van der Waals surface area contributed by atoms with E-state index >= 15 is 0 Å². The average Bonchev–Trinajstić information content (AvgIpc) is 2.73. The van der Waals surface area contributed by atoms with E-state index in [9.17, 15) is 9.90 Å². The summed E-state index contributed by atoms with van der Waals surface area (Å²) in [6.45, 7) is 0. The second kappa shape index (κ2) is 3.33. The lowest BCUT2D eigenvalue weighted by Crippen LogP contribution is -2.04. The standard InChI is InChI=1S/C11H6BrNO2S/c12-9-7(14)2-1-6-8(9)5-3-4-16-10(5)11(15)13-6/h1-4,14H,(H,13,15). The summed E-state index contributed by atoms with van der Waals surface area (Å²) in [5, 5.41) is 13.2. The van der Waals surface area contributed by atoms with Crippen LogP contribution in [0, 0.1) is 0 Å². The minimum Gasteiger partial charge on any atom is -0.507 e. The molecule has 0 radical (unpaired) electrons. The van der Waals surface area contributed by atoms with E-state index in [2.05, 4.69) is 20.9 Å². The molecule has 0 aliphatic carbocycles. The Bertz CT molecular complexity index is 760. The molecule has 0 spiro atoms. The van der Waals surface area contributed by atoms with Gasteiger partial charge in [-0.2, -0.15) is 0 Å².